The van der Waals surface area contributed by atoms with Gasteiger partial charge in [-0.15, -0.1) is 0 Å². The molecule has 3 aromatic rings. The van der Waals surface area contributed by atoms with Crippen LogP contribution in [-0.4, -0.2) is 81.0 Å². The molecule has 54 heavy (non-hydrogen) atoms. The van der Waals surface area contributed by atoms with Gasteiger partial charge in [0, 0.05) is 18.0 Å². The van der Waals surface area contributed by atoms with Gasteiger partial charge in [-0.05, 0) is 86.9 Å². The zero-order valence-corrected chi connectivity index (χ0v) is 30.1. The fourth-order valence-electron chi connectivity index (χ4n) is 10.6. The molecule has 282 valence electrons. The first-order chi connectivity index (χ1) is 25.7. The fourth-order valence-corrected chi connectivity index (χ4v) is 10.6. The van der Waals surface area contributed by atoms with E-state index in [1.54, 1.807) is 62.4 Å². The summed E-state index contributed by atoms with van der Waals surface area (Å²) < 4.78 is 0. The quantitative estimate of drug-likeness (QED) is 0.178. The van der Waals surface area contributed by atoms with Gasteiger partial charge in [-0.3, -0.25) is 39.6 Å². The lowest BCUT2D eigenvalue weighted by molar-refractivity contribution is -0.151. The predicted molar refractivity (Wildman–Crippen MR) is 195 cm³/mol. The average Bonchev–Trinajstić information content (AvgIpc) is 3.82. The SMILES string of the molecule is CC1(C(N)=O)c2ccc(cc2)[C@]1(C(=O)NC(=O)O)N1CCCC1CC(c1ccccc1)C1CCCN1[C@@]1(C(=O)NC(=O)O)c2ccc(cc2)C1(C)C(N)=O. The Bertz CT molecular complexity index is 2040. The van der Waals surface area contributed by atoms with E-state index in [1.165, 1.54) is 0 Å². The van der Waals surface area contributed by atoms with E-state index in [9.17, 15) is 39.0 Å². The van der Waals surface area contributed by atoms with Gasteiger partial charge in [0.15, 0.2) is 0 Å². The smallest absolute Gasteiger partial charge is 0.411 e. The summed E-state index contributed by atoms with van der Waals surface area (Å²) in [7, 11) is 0. The molecule has 0 spiro atoms. The van der Waals surface area contributed by atoms with Gasteiger partial charge in [-0.25, -0.2) is 9.59 Å². The number of rotatable bonds is 10. The van der Waals surface area contributed by atoms with Crippen molar-refractivity contribution in [2.75, 3.05) is 13.1 Å². The maximum Gasteiger partial charge on any atom is 0.411 e. The van der Waals surface area contributed by atoms with Crippen LogP contribution >= 0.6 is 0 Å². The van der Waals surface area contributed by atoms with Crippen LogP contribution in [-0.2, 0) is 41.1 Å². The normalized spacial score (nSPS) is 30.5. The number of amides is 6. The third-order valence-electron chi connectivity index (χ3n) is 13.0. The van der Waals surface area contributed by atoms with Crippen molar-refractivity contribution in [1.29, 1.82) is 0 Å². The average molecular weight is 737 g/mol. The van der Waals surface area contributed by atoms with Crippen LogP contribution in [0.4, 0.5) is 9.59 Å². The van der Waals surface area contributed by atoms with E-state index < -0.39 is 69.8 Å². The molecule has 0 saturated carbocycles. The lowest BCUT2D eigenvalue weighted by atomic mass is 9.57. The van der Waals surface area contributed by atoms with Gasteiger partial charge >= 0.3 is 12.2 Å². The fraction of sp³-hybridized carbons (Fsp3) is 0.400. The largest absolute Gasteiger partial charge is 0.465 e. The van der Waals surface area contributed by atoms with Crippen molar-refractivity contribution in [2.45, 2.75) is 85.9 Å². The standard InChI is InChI=1S/C40H44N6O8/c1-37(31(41)47)24-12-16-26(17-13-24)39(37,33(49)43-35(51)52)45-20-6-10-28(45)22-29(23-8-4-3-5-9-23)30-11-7-21-46(30)40(34(50)44-36(53)54)27-18-14-25(15-19-27)38(40,2)32(42)48/h3-5,8-9,12-19,28-30H,6-7,10-11,20-22H2,1-2H3,(H2,41,47)(H2,42,48)(H,43,49)(H,44,50)(H,51,52)(H,53,54)/t28?,29?,30?,37?,38?,39-,40-/m1/s1. The molecule has 6 amide bonds. The summed E-state index contributed by atoms with van der Waals surface area (Å²) >= 11 is 0. The first kappa shape index (κ1) is 36.7. The molecule has 2 saturated heterocycles. The van der Waals surface area contributed by atoms with Crippen LogP contribution in [0.25, 0.3) is 0 Å². The number of nitrogens with two attached hydrogens (primary N) is 2. The molecule has 0 aromatic heterocycles. The first-order valence-electron chi connectivity index (χ1n) is 18.2. The molecular weight excluding hydrogens is 692 g/mol. The van der Waals surface area contributed by atoms with Gasteiger partial charge in [0.05, 0.1) is 0 Å². The minimum absolute atomic E-state index is 0.341. The Morgan fingerprint density at radius 2 is 1.09 bits per heavy atom. The second-order valence-electron chi connectivity index (χ2n) is 15.2. The van der Waals surface area contributed by atoms with Crippen molar-refractivity contribution in [2.24, 2.45) is 11.5 Å². The molecule has 7 atom stereocenters. The molecule has 3 aromatic carbocycles. The third-order valence-corrected chi connectivity index (χ3v) is 13.0. The Hall–Kier alpha value is -5.60. The monoisotopic (exact) mass is 736 g/mol. The van der Waals surface area contributed by atoms with E-state index in [-0.39, 0.29) is 5.92 Å². The molecule has 4 aliphatic carbocycles. The number of nitrogens with zero attached hydrogens (tertiary/aromatic N) is 2. The molecule has 2 fully saturated rings. The Morgan fingerprint density at radius 3 is 1.56 bits per heavy atom. The van der Waals surface area contributed by atoms with Gasteiger partial charge in [-0.2, -0.15) is 0 Å². The zero-order chi connectivity index (χ0) is 38.8. The van der Waals surface area contributed by atoms with E-state index in [2.05, 4.69) is 10.6 Å². The van der Waals surface area contributed by atoms with Crippen molar-refractivity contribution in [3.63, 3.8) is 0 Å². The molecule has 2 heterocycles. The molecular formula is C40H44N6O8. The maximum absolute atomic E-state index is 14.5. The summed E-state index contributed by atoms with van der Waals surface area (Å²) in [5.41, 5.74) is 8.20. The Morgan fingerprint density at radius 1 is 0.667 bits per heavy atom. The number of likely N-dealkylation sites (tertiary alicyclic amines) is 2. The molecule has 9 rings (SSSR count). The highest BCUT2D eigenvalue weighted by molar-refractivity contribution is 6.06. The summed E-state index contributed by atoms with van der Waals surface area (Å²) in [6.45, 7) is 3.87. The molecule has 0 radical (unpaired) electrons. The van der Waals surface area contributed by atoms with Gasteiger partial charge in [0.2, 0.25) is 11.8 Å². The number of benzene rings is 3. The van der Waals surface area contributed by atoms with Crippen LogP contribution in [0.5, 0.6) is 0 Å². The van der Waals surface area contributed by atoms with Crippen molar-refractivity contribution in [1.82, 2.24) is 20.4 Å². The first-order valence-corrected chi connectivity index (χ1v) is 18.2. The van der Waals surface area contributed by atoms with Crippen LogP contribution < -0.4 is 22.1 Å². The van der Waals surface area contributed by atoms with Crippen LogP contribution in [0, 0.1) is 0 Å². The van der Waals surface area contributed by atoms with E-state index in [0.29, 0.717) is 67.4 Å². The number of carbonyl (C=O) groups is 6. The summed E-state index contributed by atoms with van der Waals surface area (Å²) in [6.07, 6.45) is -0.327. The second-order valence-corrected chi connectivity index (χ2v) is 15.2. The Labute approximate surface area is 311 Å². The summed E-state index contributed by atoms with van der Waals surface area (Å²) in [6, 6.07) is 22.7. The number of imide groups is 2. The highest BCUT2D eigenvalue weighted by Crippen LogP contribution is 2.57. The molecule has 5 unspecified atom stereocenters. The summed E-state index contributed by atoms with van der Waals surface area (Å²) in [5.74, 6) is -3.70. The van der Waals surface area contributed by atoms with E-state index in [4.69, 9.17) is 11.5 Å². The molecule has 14 heteroatoms. The van der Waals surface area contributed by atoms with Gasteiger partial charge < -0.3 is 21.7 Å². The molecule has 14 nitrogen and oxygen atoms in total. The van der Waals surface area contributed by atoms with Crippen molar-refractivity contribution in [3.8, 4) is 0 Å². The number of carbonyl (C=O) groups excluding carboxylic acids is 4. The van der Waals surface area contributed by atoms with Gasteiger partial charge in [0.1, 0.15) is 21.9 Å². The van der Waals surface area contributed by atoms with Crippen LogP contribution in [0.2, 0.25) is 0 Å². The highest BCUT2D eigenvalue weighted by atomic mass is 16.4. The van der Waals surface area contributed by atoms with E-state index >= 15 is 0 Å². The number of carboxylic acid groups (broad SMARTS) is 2. The van der Waals surface area contributed by atoms with Crippen LogP contribution in [0.3, 0.4) is 0 Å². The zero-order valence-electron chi connectivity index (χ0n) is 30.1. The molecule has 4 bridgehead atoms. The van der Waals surface area contributed by atoms with Gasteiger partial charge in [-0.1, -0.05) is 78.9 Å². The minimum Gasteiger partial charge on any atom is -0.465 e. The lowest BCUT2D eigenvalue weighted by Crippen LogP contribution is -2.73. The number of nitrogens with one attached hydrogen (secondary N) is 2. The van der Waals surface area contributed by atoms with Crippen molar-refractivity contribution in [3.05, 3.63) is 107 Å². The second kappa shape index (κ2) is 13.1. The van der Waals surface area contributed by atoms with Crippen molar-refractivity contribution >= 4 is 35.8 Å². The molecule has 8 N–H and O–H groups in total. The number of fused-ring (bicyclic) bond motifs is 6. The topological polar surface area (TPSA) is 225 Å². The number of primary amides is 2. The third kappa shape index (κ3) is 4.85. The maximum atomic E-state index is 14.5. The molecule has 6 aliphatic rings. The highest BCUT2D eigenvalue weighted by Gasteiger charge is 2.68. The summed E-state index contributed by atoms with van der Waals surface area (Å²) in [5, 5.41) is 23.8. The number of hydrogen-bond donors (Lipinski definition) is 6. The van der Waals surface area contributed by atoms with Crippen LogP contribution in [0.15, 0.2) is 78.9 Å². The lowest BCUT2D eigenvalue weighted by Gasteiger charge is -2.57. The predicted octanol–water partition coefficient (Wildman–Crippen LogP) is 2.98. The Kier molecular flexibility index (Phi) is 8.89. The van der Waals surface area contributed by atoms with Gasteiger partial charge in [0.25, 0.3) is 11.8 Å². The van der Waals surface area contributed by atoms with Crippen molar-refractivity contribution < 1.29 is 39.0 Å². The summed E-state index contributed by atoms with van der Waals surface area (Å²) in [4.78, 5) is 84.3. The molecule has 2 aliphatic heterocycles. The van der Waals surface area contributed by atoms with Crippen LogP contribution in [0.1, 0.15) is 79.7 Å². The van der Waals surface area contributed by atoms with E-state index in [0.717, 1.165) is 5.56 Å². The number of hydrogen-bond acceptors (Lipinski definition) is 8. The minimum atomic E-state index is -1.82. The Balaban J connectivity index is 1.38. The van der Waals surface area contributed by atoms with E-state index in [1.807, 2.05) is 40.1 Å².